The standard InChI is InChI=1S/C24H28N4O2/c1-24(2,3)18-11-9-17(10-12-18)21(29)22(30)27-13-6-14-28(16-15-27)23-25-19-7-4-5-8-20(19)26-23/h4-5,7-12H,6,13-16H2,1-3H3,(H,25,26). The molecule has 0 radical (unpaired) electrons. The number of Topliss-reactive ketones (excluding diaryl/α,β-unsaturated/α-hetero) is 1. The maximum atomic E-state index is 12.9. The number of para-hydroxylation sites is 2. The summed E-state index contributed by atoms with van der Waals surface area (Å²) in [4.78, 5) is 37.4. The maximum absolute atomic E-state index is 12.9. The number of H-pyrrole nitrogens is 1. The van der Waals surface area contributed by atoms with Gasteiger partial charge in [-0.25, -0.2) is 4.98 Å². The fraction of sp³-hybridized carbons (Fsp3) is 0.375. The minimum absolute atomic E-state index is 0.0104. The van der Waals surface area contributed by atoms with Gasteiger partial charge in [-0.1, -0.05) is 57.2 Å². The lowest BCUT2D eigenvalue weighted by Crippen LogP contribution is -2.39. The Balaban J connectivity index is 1.43. The van der Waals surface area contributed by atoms with Gasteiger partial charge in [0.1, 0.15) is 0 Å². The van der Waals surface area contributed by atoms with Gasteiger partial charge >= 0.3 is 0 Å². The third kappa shape index (κ3) is 4.08. The number of benzene rings is 2. The number of anilines is 1. The first-order chi connectivity index (χ1) is 14.3. The predicted molar refractivity (Wildman–Crippen MR) is 119 cm³/mol. The van der Waals surface area contributed by atoms with Crippen LogP contribution in [0.4, 0.5) is 5.95 Å². The Bertz CT molecular complexity index is 1030. The first kappa shape index (κ1) is 20.1. The van der Waals surface area contributed by atoms with E-state index >= 15 is 0 Å². The molecule has 0 saturated carbocycles. The van der Waals surface area contributed by atoms with Crippen LogP contribution < -0.4 is 4.90 Å². The van der Waals surface area contributed by atoms with Crippen molar-refractivity contribution in [1.82, 2.24) is 14.9 Å². The van der Waals surface area contributed by atoms with E-state index in [4.69, 9.17) is 0 Å². The molecule has 0 bridgehead atoms. The second-order valence-corrected chi connectivity index (χ2v) is 8.87. The highest BCUT2D eigenvalue weighted by atomic mass is 16.2. The van der Waals surface area contributed by atoms with Gasteiger partial charge in [0.05, 0.1) is 11.0 Å². The van der Waals surface area contributed by atoms with Gasteiger partial charge < -0.3 is 14.8 Å². The SMILES string of the molecule is CC(C)(C)c1ccc(C(=O)C(=O)N2CCCN(c3nc4ccccc4[nH]3)CC2)cc1. The molecule has 6 heteroatoms. The largest absolute Gasteiger partial charge is 0.341 e. The minimum Gasteiger partial charge on any atom is -0.341 e. The van der Waals surface area contributed by atoms with Gasteiger partial charge in [0.15, 0.2) is 0 Å². The van der Waals surface area contributed by atoms with Crippen molar-refractivity contribution in [2.45, 2.75) is 32.6 Å². The fourth-order valence-corrected chi connectivity index (χ4v) is 3.81. The van der Waals surface area contributed by atoms with Crippen molar-refractivity contribution in [1.29, 1.82) is 0 Å². The summed E-state index contributed by atoms with van der Waals surface area (Å²) in [5, 5.41) is 0. The van der Waals surface area contributed by atoms with E-state index in [-0.39, 0.29) is 5.41 Å². The van der Waals surface area contributed by atoms with E-state index in [1.807, 2.05) is 36.4 Å². The third-order valence-electron chi connectivity index (χ3n) is 5.67. The van der Waals surface area contributed by atoms with E-state index in [1.54, 1.807) is 17.0 Å². The molecule has 2 heterocycles. The number of ketones is 1. The molecular formula is C24H28N4O2. The highest BCUT2D eigenvalue weighted by Gasteiger charge is 2.26. The molecular weight excluding hydrogens is 376 g/mol. The topological polar surface area (TPSA) is 69.3 Å². The third-order valence-corrected chi connectivity index (χ3v) is 5.67. The van der Waals surface area contributed by atoms with Crippen molar-refractivity contribution in [2.75, 3.05) is 31.1 Å². The van der Waals surface area contributed by atoms with Crippen molar-refractivity contribution in [3.63, 3.8) is 0 Å². The van der Waals surface area contributed by atoms with Crippen LogP contribution in [0.25, 0.3) is 11.0 Å². The molecule has 3 aromatic rings. The number of amides is 1. The molecule has 30 heavy (non-hydrogen) atoms. The number of carbonyl (C=O) groups excluding carboxylic acids is 2. The Morgan fingerprint density at radius 2 is 1.67 bits per heavy atom. The molecule has 1 amide bonds. The van der Waals surface area contributed by atoms with Gasteiger partial charge in [-0.05, 0) is 29.5 Å². The summed E-state index contributed by atoms with van der Waals surface area (Å²) in [5.41, 5.74) is 3.53. The molecule has 0 spiro atoms. The van der Waals surface area contributed by atoms with Gasteiger partial charge in [0, 0.05) is 31.7 Å². The van der Waals surface area contributed by atoms with Crippen molar-refractivity contribution < 1.29 is 9.59 Å². The van der Waals surface area contributed by atoms with Crippen LogP contribution in [0.5, 0.6) is 0 Å². The van der Waals surface area contributed by atoms with E-state index in [2.05, 4.69) is 35.6 Å². The summed E-state index contributed by atoms with van der Waals surface area (Å²) < 4.78 is 0. The van der Waals surface area contributed by atoms with Crippen molar-refractivity contribution in [2.24, 2.45) is 0 Å². The lowest BCUT2D eigenvalue weighted by molar-refractivity contribution is -0.126. The van der Waals surface area contributed by atoms with E-state index in [9.17, 15) is 9.59 Å². The Morgan fingerprint density at radius 3 is 2.37 bits per heavy atom. The lowest BCUT2D eigenvalue weighted by atomic mass is 9.86. The van der Waals surface area contributed by atoms with Gasteiger partial charge in [-0.15, -0.1) is 0 Å². The second kappa shape index (κ2) is 7.94. The number of aromatic amines is 1. The molecule has 0 aliphatic carbocycles. The Kier molecular flexibility index (Phi) is 5.33. The zero-order valence-corrected chi connectivity index (χ0v) is 17.8. The minimum atomic E-state index is -0.437. The van der Waals surface area contributed by atoms with Crippen LogP contribution in [-0.4, -0.2) is 52.7 Å². The normalized spacial score (nSPS) is 15.3. The van der Waals surface area contributed by atoms with Crippen LogP contribution in [-0.2, 0) is 10.2 Å². The number of nitrogens with zero attached hydrogens (tertiary/aromatic N) is 3. The molecule has 1 aliphatic heterocycles. The number of imidazole rings is 1. The first-order valence-electron chi connectivity index (χ1n) is 10.5. The molecule has 2 aromatic carbocycles. The second-order valence-electron chi connectivity index (χ2n) is 8.87. The van der Waals surface area contributed by atoms with Gasteiger partial charge in [0.2, 0.25) is 11.7 Å². The van der Waals surface area contributed by atoms with E-state index < -0.39 is 11.7 Å². The highest BCUT2D eigenvalue weighted by molar-refractivity contribution is 6.42. The number of carbonyl (C=O) groups is 2. The Labute approximate surface area is 176 Å². The molecule has 0 unspecified atom stereocenters. The van der Waals surface area contributed by atoms with Crippen LogP contribution in [0, 0.1) is 0 Å². The number of hydrogen-bond acceptors (Lipinski definition) is 4. The number of rotatable bonds is 3. The van der Waals surface area contributed by atoms with Gasteiger partial charge in [-0.3, -0.25) is 9.59 Å². The van der Waals surface area contributed by atoms with Gasteiger partial charge in [-0.2, -0.15) is 0 Å². The fourth-order valence-electron chi connectivity index (χ4n) is 3.81. The summed E-state index contributed by atoms with van der Waals surface area (Å²) in [6.07, 6.45) is 0.791. The molecule has 1 fully saturated rings. The number of nitrogens with one attached hydrogen (secondary N) is 1. The zero-order valence-electron chi connectivity index (χ0n) is 17.8. The average molecular weight is 405 g/mol. The van der Waals surface area contributed by atoms with Crippen molar-refractivity contribution >= 4 is 28.7 Å². The maximum Gasteiger partial charge on any atom is 0.295 e. The lowest BCUT2D eigenvalue weighted by Gasteiger charge is -2.21. The monoisotopic (exact) mass is 404 g/mol. The van der Waals surface area contributed by atoms with Crippen LogP contribution in [0.2, 0.25) is 0 Å². The first-order valence-corrected chi connectivity index (χ1v) is 10.5. The molecule has 6 nitrogen and oxygen atoms in total. The summed E-state index contributed by atoms with van der Waals surface area (Å²) in [6, 6.07) is 15.3. The number of aromatic nitrogens is 2. The molecule has 1 aromatic heterocycles. The molecule has 1 saturated heterocycles. The average Bonchev–Trinajstić information content (AvgIpc) is 3.01. The zero-order chi connectivity index (χ0) is 21.3. The van der Waals surface area contributed by atoms with Crippen LogP contribution in [0.1, 0.15) is 43.1 Å². The van der Waals surface area contributed by atoms with Gasteiger partial charge in [0.25, 0.3) is 5.91 Å². The summed E-state index contributed by atoms with van der Waals surface area (Å²) >= 11 is 0. The van der Waals surface area contributed by atoms with E-state index in [0.717, 1.165) is 35.5 Å². The van der Waals surface area contributed by atoms with Crippen LogP contribution >= 0.6 is 0 Å². The summed E-state index contributed by atoms with van der Waals surface area (Å²) in [7, 11) is 0. The van der Waals surface area contributed by atoms with E-state index in [0.29, 0.717) is 25.2 Å². The molecule has 1 aliphatic rings. The number of fused-ring (bicyclic) bond motifs is 1. The Hall–Kier alpha value is -3.15. The smallest absolute Gasteiger partial charge is 0.295 e. The van der Waals surface area contributed by atoms with Crippen molar-refractivity contribution in [3.05, 3.63) is 59.7 Å². The van der Waals surface area contributed by atoms with Crippen LogP contribution in [0.15, 0.2) is 48.5 Å². The molecule has 0 atom stereocenters. The number of hydrogen-bond donors (Lipinski definition) is 1. The summed E-state index contributed by atoms with van der Waals surface area (Å²) in [5.74, 6) is -0.0489. The molecule has 156 valence electrons. The molecule has 1 N–H and O–H groups in total. The quantitative estimate of drug-likeness (QED) is 0.533. The van der Waals surface area contributed by atoms with E-state index in [1.165, 1.54) is 0 Å². The van der Waals surface area contributed by atoms with Crippen LogP contribution in [0.3, 0.4) is 0 Å². The predicted octanol–water partition coefficient (Wildman–Crippen LogP) is 3.78. The summed E-state index contributed by atoms with van der Waals surface area (Å²) in [6.45, 7) is 8.88. The highest BCUT2D eigenvalue weighted by Crippen LogP contribution is 2.23. The van der Waals surface area contributed by atoms with Crippen molar-refractivity contribution in [3.8, 4) is 0 Å². The Morgan fingerprint density at radius 1 is 0.933 bits per heavy atom. The molecule has 4 rings (SSSR count).